The average Bonchev–Trinajstić information content (AvgIpc) is 3.53. The van der Waals surface area contributed by atoms with E-state index in [0.717, 1.165) is 0 Å². The van der Waals surface area contributed by atoms with Crippen LogP contribution < -0.4 is 26.4 Å². The molecule has 0 unspecified atom stereocenters. The van der Waals surface area contributed by atoms with Crippen LogP contribution in [0.15, 0.2) is 46.1 Å². The summed E-state index contributed by atoms with van der Waals surface area (Å²) in [7, 11) is 1.60. The lowest BCUT2D eigenvalue weighted by Gasteiger charge is -2.38. The number of nitrogen functional groups attached to an aromatic ring is 1. The highest BCUT2D eigenvalue weighted by Crippen LogP contribution is 2.29. The third kappa shape index (κ3) is 5.11. The van der Waals surface area contributed by atoms with Crippen LogP contribution in [0, 0.1) is 0 Å². The van der Waals surface area contributed by atoms with E-state index >= 15 is 0 Å². The normalized spacial score (nSPS) is 16.2. The Hall–Kier alpha value is -4.39. The van der Waals surface area contributed by atoms with Gasteiger partial charge in [-0.1, -0.05) is 11.6 Å². The Labute approximate surface area is 216 Å². The van der Waals surface area contributed by atoms with E-state index in [1.807, 2.05) is 0 Å². The third-order valence-electron chi connectivity index (χ3n) is 6.14. The minimum absolute atomic E-state index is 0.00195. The molecule has 1 fully saturated rings. The number of halogens is 1. The zero-order valence-electron chi connectivity index (χ0n) is 19.8. The summed E-state index contributed by atoms with van der Waals surface area (Å²) in [6.45, 7) is 1.44. The molecular formula is C23H24ClN9O4. The molecule has 5 N–H and O–H groups in total. The second-order valence-corrected chi connectivity index (χ2v) is 8.93. The molecule has 14 heteroatoms. The molecule has 0 aliphatic carbocycles. The Kier molecular flexibility index (Phi) is 6.53. The number of carbonyl (C=O) groups excluding carboxylic acids is 2. The van der Waals surface area contributed by atoms with Gasteiger partial charge in [0, 0.05) is 32.4 Å². The van der Waals surface area contributed by atoms with Crippen LogP contribution in [-0.4, -0.2) is 69.8 Å². The smallest absolute Gasteiger partial charge is 0.290 e. The molecule has 3 aromatic heterocycles. The quantitative estimate of drug-likeness (QED) is 0.385. The van der Waals surface area contributed by atoms with Crippen LogP contribution in [0.1, 0.15) is 33.9 Å². The summed E-state index contributed by atoms with van der Waals surface area (Å²) in [6, 6.07) is 6.68. The van der Waals surface area contributed by atoms with Gasteiger partial charge in [0.2, 0.25) is 0 Å². The van der Waals surface area contributed by atoms with Gasteiger partial charge in [-0.25, -0.2) is 9.97 Å². The first kappa shape index (κ1) is 24.3. The summed E-state index contributed by atoms with van der Waals surface area (Å²) in [6.07, 6.45) is 4.46. The number of amides is 2. The fraction of sp³-hybridized carbons (Fsp3) is 0.304. The van der Waals surface area contributed by atoms with Crippen LogP contribution in [0.4, 0.5) is 11.6 Å². The summed E-state index contributed by atoms with van der Waals surface area (Å²) in [5.41, 5.74) is 5.30. The Morgan fingerprint density at radius 2 is 2.05 bits per heavy atom. The summed E-state index contributed by atoms with van der Waals surface area (Å²) in [4.78, 5) is 44.0. The minimum atomic E-state index is -0.531. The molecule has 0 aromatic carbocycles. The van der Waals surface area contributed by atoms with Gasteiger partial charge in [0.1, 0.15) is 5.75 Å². The van der Waals surface area contributed by atoms with Crippen molar-refractivity contribution in [3.05, 3.63) is 53.3 Å². The lowest BCUT2D eigenvalue weighted by Crippen LogP contribution is -2.56. The number of hydrogen-bond acceptors (Lipinski definition) is 11. The molecule has 0 bridgehead atoms. The molecule has 192 valence electrons. The summed E-state index contributed by atoms with van der Waals surface area (Å²) in [5.74, 6) is 0.715. The molecule has 2 aliphatic heterocycles. The van der Waals surface area contributed by atoms with Crippen LogP contribution in [0.25, 0.3) is 0 Å². The molecule has 1 saturated heterocycles. The molecule has 0 radical (unpaired) electrons. The van der Waals surface area contributed by atoms with Crippen molar-refractivity contribution >= 4 is 41.0 Å². The number of nitrogens with one attached hydrogen (secondary N) is 3. The summed E-state index contributed by atoms with van der Waals surface area (Å²) >= 11 is 5.94. The molecule has 3 aromatic rings. The third-order valence-corrected chi connectivity index (χ3v) is 6.42. The predicted octanol–water partition coefficient (Wildman–Crippen LogP) is 1.90. The lowest BCUT2D eigenvalue weighted by molar-refractivity contribution is 0.0632. The number of anilines is 2. The van der Waals surface area contributed by atoms with Crippen molar-refractivity contribution in [3.63, 3.8) is 0 Å². The van der Waals surface area contributed by atoms with Crippen molar-refractivity contribution in [3.8, 4) is 11.7 Å². The maximum Gasteiger partial charge on any atom is 0.290 e. The number of likely N-dealkylation sites (tertiary alicyclic amines) is 1. The van der Waals surface area contributed by atoms with Crippen LogP contribution in [0.3, 0.4) is 0 Å². The van der Waals surface area contributed by atoms with Gasteiger partial charge in [0.05, 0.1) is 18.3 Å². The van der Waals surface area contributed by atoms with Crippen molar-refractivity contribution in [1.82, 2.24) is 30.5 Å². The van der Waals surface area contributed by atoms with E-state index in [2.05, 4.69) is 35.9 Å². The van der Waals surface area contributed by atoms with Gasteiger partial charge in [-0.05, 0) is 31.0 Å². The molecule has 0 saturated carbocycles. The van der Waals surface area contributed by atoms with E-state index < -0.39 is 5.91 Å². The standard InChI is InChI=1S/C23H24ClN9O4/c1-26-19-16(29-17(24)18(25)30-19)20(34)31-22-28-12-23(32-22)6-9-33(10-7-23)21(35)14-4-5-15(37-14)36-13-3-2-8-27-11-13/h2-5,8,11H,6-7,9-10,12H2,1H3,(H3,25,26,30)(H2,28,31,32,34). The average molecular weight is 526 g/mol. The minimum Gasteiger partial charge on any atom is -0.424 e. The topological polar surface area (TPSA) is 173 Å². The number of aromatic nitrogens is 3. The highest BCUT2D eigenvalue weighted by molar-refractivity contribution is 6.31. The first-order valence-electron chi connectivity index (χ1n) is 11.5. The van der Waals surface area contributed by atoms with E-state index in [1.54, 1.807) is 48.6 Å². The largest absolute Gasteiger partial charge is 0.424 e. The van der Waals surface area contributed by atoms with Gasteiger partial charge < -0.3 is 30.4 Å². The van der Waals surface area contributed by atoms with Gasteiger partial charge >= 0.3 is 0 Å². The van der Waals surface area contributed by atoms with E-state index in [1.165, 1.54) is 0 Å². The number of furan rings is 1. The zero-order chi connectivity index (χ0) is 26.0. The Morgan fingerprint density at radius 1 is 1.24 bits per heavy atom. The lowest BCUT2D eigenvalue weighted by atomic mass is 9.88. The fourth-order valence-corrected chi connectivity index (χ4v) is 4.28. The van der Waals surface area contributed by atoms with Crippen LogP contribution in [0.5, 0.6) is 11.7 Å². The van der Waals surface area contributed by atoms with Gasteiger partial charge in [-0.15, -0.1) is 0 Å². The monoisotopic (exact) mass is 525 g/mol. The maximum atomic E-state index is 13.0. The van der Waals surface area contributed by atoms with E-state index in [-0.39, 0.29) is 45.6 Å². The van der Waals surface area contributed by atoms with Crippen LogP contribution in [0.2, 0.25) is 5.15 Å². The molecule has 2 aliphatic rings. The highest BCUT2D eigenvalue weighted by atomic mass is 35.5. The number of nitrogens with zero attached hydrogens (tertiary/aromatic N) is 5. The number of aliphatic imine (C=N–C) groups is 1. The van der Waals surface area contributed by atoms with Gasteiger partial charge in [-0.2, -0.15) is 0 Å². The van der Waals surface area contributed by atoms with Crippen molar-refractivity contribution < 1.29 is 18.7 Å². The number of guanidine groups is 1. The van der Waals surface area contributed by atoms with Gasteiger partial charge in [-0.3, -0.25) is 24.9 Å². The molecule has 13 nitrogen and oxygen atoms in total. The first-order chi connectivity index (χ1) is 17.9. The van der Waals surface area contributed by atoms with Crippen molar-refractivity contribution in [1.29, 1.82) is 0 Å². The Morgan fingerprint density at radius 3 is 2.78 bits per heavy atom. The van der Waals surface area contributed by atoms with E-state index in [9.17, 15) is 9.59 Å². The maximum absolute atomic E-state index is 13.0. The fourth-order valence-electron chi connectivity index (χ4n) is 4.15. The highest BCUT2D eigenvalue weighted by Gasteiger charge is 2.40. The number of rotatable bonds is 5. The van der Waals surface area contributed by atoms with E-state index in [4.69, 9.17) is 26.5 Å². The molecule has 5 rings (SSSR count). The number of hydrogen-bond donors (Lipinski definition) is 4. The molecule has 5 heterocycles. The number of pyridine rings is 1. The molecule has 0 atom stereocenters. The molecule has 1 spiro atoms. The molecule has 37 heavy (non-hydrogen) atoms. The Balaban J connectivity index is 1.16. The van der Waals surface area contributed by atoms with Crippen LogP contribution in [-0.2, 0) is 0 Å². The first-order valence-corrected chi connectivity index (χ1v) is 11.9. The number of piperidine rings is 1. The van der Waals surface area contributed by atoms with Crippen molar-refractivity contribution in [2.24, 2.45) is 4.99 Å². The summed E-state index contributed by atoms with van der Waals surface area (Å²) in [5, 5.41) is 8.74. The summed E-state index contributed by atoms with van der Waals surface area (Å²) < 4.78 is 11.2. The second-order valence-electron chi connectivity index (χ2n) is 8.57. The van der Waals surface area contributed by atoms with Gasteiger partial charge in [0.15, 0.2) is 34.2 Å². The number of ether oxygens (including phenoxy) is 1. The predicted molar refractivity (Wildman–Crippen MR) is 135 cm³/mol. The van der Waals surface area contributed by atoms with Crippen molar-refractivity contribution in [2.45, 2.75) is 18.4 Å². The zero-order valence-corrected chi connectivity index (χ0v) is 20.6. The van der Waals surface area contributed by atoms with Crippen molar-refractivity contribution in [2.75, 3.05) is 37.7 Å². The number of carbonyl (C=O) groups is 2. The SMILES string of the molecule is CNc1nc(N)c(Cl)nc1C(=O)NC1=NCC2(CCN(C(=O)c3ccc(Oc4cccnc4)o3)CC2)N1. The molecule has 2 amide bonds. The molecular weight excluding hydrogens is 502 g/mol. The second kappa shape index (κ2) is 9.93. The Bertz CT molecular complexity index is 1350. The van der Waals surface area contributed by atoms with Gasteiger partial charge in [0.25, 0.3) is 17.8 Å². The van der Waals surface area contributed by atoms with E-state index in [0.29, 0.717) is 44.2 Å². The number of nitrogens with two attached hydrogens (primary N) is 1. The van der Waals surface area contributed by atoms with Crippen LogP contribution >= 0.6 is 11.6 Å².